The van der Waals surface area contributed by atoms with Crippen molar-refractivity contribution in [3.05, 3.63) is 0 Å². The first-order valence-corrected chi connectivity index (χ1v) is 12.1. The highest BCUT2D eigenvalue weighted by Gasteiger charge is 2.69. The first-order chi connectivity index (χ1) is 9.81. The van der Waals surface area contributed by atoms with Crippen molar-refractivity contribution in [2.24, 2.45) is 0 Å². The summed E-state index contributed by atoms with van der Waals surface area (Å²) in [7, 11) is -24.3. The van der Waals surface area contributed by atoms with E-state index in [-0.39, 0.29) is 6.42 Å². The molecular formula is C5H17NO13P4. The van der Waals surface area contributed by atoms with Crippen LogP contribution in [0.4, 0.5) is 0 Å². The molecule has 0 heterocycles. The summed E-state index contributed by atoms with van der Waals surface area (Å²) in [5, 5.41) is 5.35. The van der Waals surface area contributed by atoms with Gasteiger partial charge in [-0.15, -0.1) is 0 Å². The van der Waals surface area contributed by atoms with E-state index < -0.39 is 52.6 Å². The van der Waals surface area contributed by atoms with Crippen LogP contribution in [0.5, 0.6) is 0 Å². The molecule has 0 saturated carbocycles. The normalized spacial score (nSPS) is 15.5. The molecular weight excluding hydrogens is 406 g/mol. The maximum Gasteiger partial charge on any atom is 0.385 e. The van der Waals surface area contributed by atoms with Crippen molar-refractivity contribution < 1.29 is 62.5 Å². The molecule has 0 saturated heterocycles. The zero-order chi connectivity index (χ0) is 19.1. The molecule has 14 nitrogen and oxygen atoms in total. The average Bonchev–Trinajstić information content (AvgIpc) is 2.20. The van der Waals surface area contributed by atoms with Crippen LogP contribution < -0.4 is 0 Å². The summed E-state index contributed by atoms with van der Waals surface area (Å²) >= 11 is 0. The van der Waals surface area contributed by atoms with Gasteiger partial charge in [0.15, 0.2) is 0 Å². The van der Waals surface area contributed by atoms with Gasteiger partial charge in [-0.2, -0.15) is 0 Å². The van der Waals surface area contributed by atoms with Gasteiger partial charge in [-0.1, -0.05) is 6.92 Å². The van der Waals surface area contributed by atoms with Gasteiger partial charge < -0.3 is 44.3 Å². The van der Waals surface area contributed by atoms with Gasteiger partial charge in [0.1, 0.15) is 0 Å². The zero-order valence-electron chi connectivity index (χ0n) is 11.4. The van der Waals surface area contributed by atoms with Crippen molar-refractivity contribution in [2.45, 2.75) is 24.1 Å². The molecule has 0 amide bonds. The molecule has 0 atom stereocenters. The highest BCUT2D eigenvalue weighted by molar-refractivity contribution is 7.73. The van der Waals surface area contributed by atoms with E-state index in [9.17, 15) is 23.4 Å². The first-order valence-electron chi connectivity index (χ1n) is 5.52. The van der Waals surface area contributed by atoms with Gasteiger partial charge in [0.2, 0.25) is 5.52 Å². The van der Waals surface area contributed by atoms with Crippen LogP contribution in [0.2, 0.25) is 0 Å². The third kappa shape index (κ3) is 5.01. The van der Waals surface area contributed by atoms with Crippen molar-refractivity contribution in [1.82, 2.24) is 4.90 Å². The Morgan fingerprint density at radius 2 is 1.13 bits per heavy atom. The lowest BCUT2D eigenvalue weighted by Gasteiger charge is -2.42. The Balaban J connectivity index is 6.76. The van der Waals surface area contributed by atoms with E-state index in [1.165, 1.54) is 6.92 Å². The van der Waals surface area contributed by atoms with Gasteiger partial charge in [0.25, 0.3) is 0 Å². The second-order valence-electron chi connectivity index (χ2n) is 4.41. The fourth-order valence-corrected chi connectivity index (χ4v) is 7.41. The summed E-state index contributed by atoms with van der Waals surface area (Å²) in [6.45, 7) is 0.136. The van der Waals surface area contributed by atoms with Crippen LogP contribution in [0.25, 0.3) is 0 Å². The molecule has 0 unspecified atom stereocenters. The Hall–Kier alpha value is 0.520. The fourth-order valence-electron chi connectivity index (χ4n) is 1.72. The molecule has 0 spiro atoms. The van der Waals surface area contributed by atoms with Crippen molar-refractivity contribution >= 4 is 30.4 Å². The minimum Gasteiger partial charge on any atom is -0.356 e. The van der Waals surface area contributed by atoms with Crippen LogP contribution in [-0.2, 0) is 18.3 Å². The van der Waals surface area contributed by atoms with Gasteiger partial charge in [-0.05, 0) is 6.42 Å². The van der Waals surface area contributed by atoms with Crippen LogP contribution in [-0.4, -0.2) is 66.4 Å². The Kier molecular flexibility index (Phi) is 7.19. The molecule has 0 aliphatic rings. The van der Waals surface area contributed by atoms with Crippen molar-refractivity contribution in [3.63, 3.8) is 0 Å². The Labute approximate surface area is 129 Å². The predicted molar refractivity (Wildman–Crippen MR) is 73.9 cm³/mol. The minimum absolute atomic E-state index is 0.335. The molecule has 0 aromatic heterocycles. The molecule has 0 fully saturated rings. The van der Waals surface area contributed by atoms with Gasteiger partial charge >= 0.3 is 35.6 Å². The van der Waals surface area contributed by atoms with E-state index in [2.05, 4.69) is 0 Å². The molecule has 0 aliphatic carbocycles. The molecule has 23 heavy (non-hydrogen) atoms. The molecule has 0 aromatic rings. The van der Waals surface area contributed by atoms with Crippen molar-refractivity contribution in [1.29, 1.82) is 0 Å². The number of nitrogens with zero attached hydrogens (tertiary/aromatic N) is 1. The Morgan fingerprint density at radius 1 is 0.826 bits per heavy atom. The third-order valence-electron chi connectivity index (χ3n) is 2.51. The van der Waals surface area contributed by atoms with Gasteiger partial charge in [0, 0.05) is 6.54 Å². The zero-order valence-corrected chi connectivity index (χ0v) is 15.0. The smallest absolute Gasteiger partial charge is 0.356 e. The van der Waals surface area contributed by atoms with E-state index in [0.717, 1.165) is 0 Å². The lowest BCUT2D eigenvalue weighted by molar-refractivity contribution is -0.0136. The predicted octanol–water partition coefficient (Wildman–Crippen LogP) is -1.70. The monoisotopic (exact) mass is 423 g/mol. The van der Waals surface area contributed by atoms with Gasteiger partial charge in [-0.25, -0.2) is 4.90 Å². The van der Waals surface area contributed by atoms with Crippen LogP contribution >= 0.6 is 30.4 Å². The molecule has 0 bridgehead atoms. The van der Waals surface area contributed by atoms with Crippen LogP contribution in [0.1, 0.15) is 13.3 Å². The summed E-state index contributed by atoms with van der Waals surface area (Å²) in [5.41, 5.74) is -3.37. The minimum atomic E-state index is -6.26. The number of rotatable bonds is 8. The lowest BCUT2D eigenvalue weighted by Crippen LogP contribution is -2.53. The summed E-state index contributed by atoms with van der Waals surface area (Å²) in [4.78, 5) is 71.9. The topological polar surface area (TPSA) is 254 Å². The maximum absolute atomic E-state index is 11.4. The molecule has 9 N–H and O–H groups in total. The average molecular weight is 423 g/mol. The molecule has 0 rings (SSSR count). The summed E-state index contributed by atoms with van der Waals surface area (Å²) in [6, 6.07) is 0. The van der Waals surface area contributed by atoms with E-state index in [1.54, 1.807) is 0 Å². The van der Waals surface area contributed by atoms with Gasteiger partial charge in [-0.3, -0.25) is 18.3 Å². The Morgan fingerprint density at radius 3 is 1.30 bits per heavy atom. The molecule has 0 radical (unpaired) electrons. The second kappa shape index (κ2) is 7.03. The number of aliphatic hydroxyl groups is 1. The van der Waals surface area contributed by atoms with E-state index in [0.29, 0.717) is 0 Å². The van der Waals surface area contributed by atoms with Crippen molar-refractivity contribution in [2.75, 3.05) is 6.54 Å². The Bertz CT molecular complexity index is 564. The number of hydrogen-bond acceptors (Lipinski definition) is 6. The second-order valence-corrected chi connectivity index (χ2v) is 11.9. The summed E-state index contributed by atoms with van der Waals surface area (Å²) < 4.78 is 45.4. The van der Waals surface area contributed by atoms with Crippen molar-refractivity contribution in [3.8, 4) is 0 Å². The first kappa shape index (κ1) is 23.5. The van der Waals surface area contributed by atoms with Crippen LogP contribution in [0.15, 0.2) is 0 Å². The van der Waals surface area contributed by atoms with E-state index >= 15 is 0 Å². The van der Waals surface area contributed by atoms with Crippen LogP contribution in [0.3, 0.4) is 0 Å². The number of hydrogen-bond donors (Lipinski definition) is 9. The third-order valence-corrected chi connectivity index (χ3v) is 9.72. The van der Waals surface area contributed by atoms with E-state index in [4.69, 9.17) is 39.1 Å². The summed E-state index contributed by atoms with van der Waals surface area (Å²) in [6.07, 6.45) is -0.335. The highest BCUT2D eigenvalue weighted by Crippen LogP contribution is 2.73. The lowest BCUT2D eigenvalue weighted by atomic mass is 10.4. The molecule has 18 heteroatoms. The molecule has 140 valence electrons. The quantitative estimate of drug-likeness (QED) is 0.156. The highest BCUT2D eigenvalue weighted by atomic mass is 31.2. The van der Waals surface area contributed by atoms with Gasteiger partial charge in [0.05, 0.1) is 0 Å². The SMILES string of the molecule is CCCN(C(P(=O)(O)O)P(=O)(O)O)C(O)(P(=O)(O)O)P(=O)(O)O. The fraction of sp³-hybridized carbons (Fsp3) is 1.00. The molecule has 0 aliphatic heterocycles. The standard InChI is InChI=1S/C5H17NO13P4/c1-2-3-6(4(20(8,9)10)21(11,12)13)5(7,22(14,15)16)23(17,18)19/h4,7H,2-3H2,1H3,(H2,8,9,10)(H2,11,12,13)(H2,14,15,16)(H2,17,18,19). The van der Waals surface area contributed by atoms with Crippen LogP contribution in [0, 0.1) is 0 Å². The molecule has 0 aromatic carbocycles. The largest absolute Gasteiger partial charge is 0.385 e. The maximum atomic E-state index is 11.4. The summed E-state index contributed by atoms with van der Waals surface area (Å²) in [5.74, 6) is 0. The van der Waals surface area contributed by atoms with E-state index in [1.807, 2.05) is 0 Å².